The second-order valence-corrected chi connectivity index (χ2v) is 4.01. The van der Waals surface area contributed by atoms with Gasteiger partial charge < -0.3 is 10.6 Å². The third-order valence-corrected chi connectivity index (χ3v) is 2.44. The van der Waals surface area contributed by atoms with Crippen molar-refractivity contribution in [3.63, 3.8) is 0 Å². The number of rotatable bonds is 4. The van der Waals surface area contributed by atoms with Gasteiger partial charge in [0.05, 0.1) is 12.3 Å². The second kappa shape index (κ2) is 6.77. The van der Waals surface area contributed by atoms with Crippen molar-refractivity contribution in [2.45, 2.75) is 6.42 Å². The van der Waals surface area contributed by atoms with E-state index in [2.05, 4.69) is 20.6 Å². The van der Waals surface area contributed by atoms with E-state index in [1.54, 1.807) is 30.3 Å². The van der Waals surface area contributed by atoms with Crippen molar-refractivity contribution < 1.29 is 9.59 Å². The van der Waals surface area contributed by atoms with Crippen LogP contribution < -0.4 is 10.6 Å². The number of nitrogens with one attached hydrogen (secondary N) is 2. The highest BCUT2D eigenvalue weighted by molar-refractivity contribution is 6.03. The summed E-state index contributed by atoms with van der Waals surface area (Å²) in [5.41, 5.74) is 1.18. The van der Waals surface area contributed by atoms with Gasteiger partial charge in [-0.3, -0.25) is 14.6 Å². The Morgan fingerprint density at radius 3 is 2.62 bits per heavy atom. The fourth-order valence-corrected chi connectivity index (χ4v) is 1.56. The number of aromatic nitrogens is 2. The minimum Gasteiger partial charge on any atom is -0.325 e. The molecule has 104 valence electrons. The maximum atomic E-state index is 11.9. The number of benzene rings is 1. The van der Waals surface area contributed by atoms with E-state index >= 15 is 0 Å². The van der Waals surface area contributed by atoms with Crippen LogP contribution in [0.4, 0.5) is 11.4 Å². The molecule has 0 saturated carbocycles. The zero-order valence-corrected chi connectivity index (χ0v) is 10.9. The third kappa shape index (κ3) is 4.11. The predicted octanol–water partition coefficient (Wildman–Crippen LogP) is 1.58. The smallest absolute Gasteiger partial charge is 0.275 e. The molecule has 0 aliphatic heterocycles. The fraction of sp³-hybridized carbons (Fsp3) is 0.0714. The largest absolute Gasteiger partial charge is 0.325 e. The van der Waals surface area contributed by atoms with Crippen molar-refractivity contribution in [3.8, 4) is 6.07 Å². The van der Waals surface area contributed by atoms with Crippen LogP contribution in [0.2, 0.25) is 0 Å². The highest BCUT2D eigenvalue weighted by atomic mass is 16.2. The summed E-state index contributed by atoms with van der Waals surface area (Å²) in [7, 11) is 0. The minimum atomic E-state index is -0.407. The predicted molar refractivity (Wildman–Crippen MR) is 75.3 cm³/mol. The number of nitriles is 1. The minimum absolute atomic E-state index is 0.191. The number of nitrogens with zero attached hydrogens (tertiary/aromatic N) is 3. The molecule has 2 aromatic rings. The van der Waals surface area contributed by atoms with Crippen LogP contribution in [-0.4, -0.2) is 21.8 Å². The number of amides is 2. The van der Waals surface area contributed by atoms with Crippen molar-refractivity contribution in [2.24, 2.45) is 0 Å². The van der Waals surface area contributed by atoms with Crippen LogP contribution in [0.5, 0.6) is 0 Å². The molecule has 0 radical (unpaired) electrons. The van der Waals surface area contributed by atoms with Gasteiger partial charge in [0, 0.05) is 23.8 Å². The average Bonchev–Trinajstić information content (AvgIpc) is 2.48. The molecule has 0 bridgehead atoms. The molecular weight excluding hydrogens is 270 g/mol. The van der Waals surface area contributed by atoms with E-state index in [0.717, 1.165) is 0 Å². The normalized spacial score (nSPS) is 9.48. The number of hydrogen-bond acceptors (Lipinski definition) is 5. The summed E-state index contributed by atoms with van der Waals surface area (Å²) in [6.45, 7) is 0. The van der Waals surface area contributed by atoms with E-state index in [1.165, 1.54) is 18.6 Å². The van der Waals surface area contributed by atoms with Crippen LogP contribution in [0.15, 0.2) is 42.9 Å². The molecule has 0 aliphatic rings. The molecule has 0 unspecified atom stereocenters. The molecule has 0 atom stereocenters. The van der Waals surface area contributed by atoms with E-state index < -0.39 is 11.8 Å². The molecule has 7 heteroatoms. The number of carbonyl (C=O) groups is 2. The lowest BCUT2D eigenvalue weighted by molar-refractivity contribution is -0.115. The van der Waals surface area contributed by atoms with Gasteiger partial charge in [-0.2, -0.15) is 5.26 Å². The van der Waals surface area contributed by atoms with Crippen LogP contribution in [0.3, 0.4) is 0 Å². The zero-order valence-electron chi connectivity index (χ0n) is 10.9. The monoisotopic (exact) mass is 281 g/mol. The van der Waals surface area contributed by atoms with Gasteiger partial charge in [0.2, 0.25) is 5.91 Å². The summed E-state index contributed by atoms with van der Waals surface area (Å²) < 4.78 is 0. The Labute approximate surface area is 120 Å². The van der Waals surface area contributed by atoms with Crippen molar-refractivity contribution in [1.82, 2.24) is 9.97 Å². The molecule has 1 heterocycles. The molecule has 7 nitrogen and oxygen atoms in total. The van der Waals surface area contributed by atoms with Gasteiger partial charge in [-0.25, -0.2) is 4.98 Å². The molecular formula is C14H11N5O2. The van der Waals surface area contributed by atoms with Crippen LogP contribution in [0.1, 0.15) is 16.9 Å². The molecule has 0 saturated heterocycles. The molecule has 21 heavy (non-hydrogen) atoms. The highest BCUT2D eigenvalue weighted by Crippen LogP contribution is 2.15. The first-order valence-corrected chi connectivity index (χ1v) is 6.03. The lowest BCUT2D eigenvalue weighted by Crippen LogP contribution is -2.14. The first kappa shape index (κ1) is 14.1. The van der Waals surface area contributed by atoms with Gasteiger partial charge in [-0.05, 0) is 18.2 Å². The first-order valence-electron chi connectivity index (χ1n) is 6.03. The molecule has 2 amide bonds. The summed E-state index contributed by atoms with van der Waals surface area (Å²) in [6, 6.07) is 8.36. The maximum Gasteiger partial charge on any atom is 0.275 e. The molecule has 1 aromatic heterocycles. The topological polar surface area (TPSA) is 108 Å². The summed E-state index contributed by atoms with van der Waals surface area (Å²) in [4.78, 5) is 30.9. The van der Waals surface area contributed by atoms with Gasteiger partial charge in [0.25, 0.3) is 5.91 Å². The van der Waals surface area contributed by atoms with E-state index in [1.807, 2.05) is 0 Å². The van der Waals surface area contributed by atoms with Crippen molar-refractivity contribution in [2.75, 3.05) is 10.6 Å². The van der Waals surface area contributed by atoms with E-state index in [4.69, 9.17) is 5.26 Å². The Balaban J connectivity index is 2.06. The Kier molecular flexibility index (Phi) is 4.56. The SMILES string of the molecule is N#CCC(=O)Nc1cccc(NC(=O)c2cnccn2)c1. The van der Waals surface area contributed by atoms with Crippen LogP contribution in [0.25, 0.3) is 0 Å². The zero-order chi connectivity index (χ0) is 15.1. The lowest BCUT2D eigenvalue weighted by atomic mass is 10.2. The summed E-state index contributed by atoms with van der Waals surface area (Å²) >= 11 is 0. The van der Waals surface area contributed by atoms with E-state index in [9.17, 15) is 9.59 Å². The van der Waals surface area contributed by atoms with E-state index in [-0.39, 0.29) is 12.1 Å². The Morgan fingerprint density at radius 2 is 1.95 bits per heavy atom. The van der Waals surface area contributed by atoms with Gasteiger partial charge in [0.1, 0.15) is 12.1 Å². The van der Waals surface area contributed by atoms with Gasteiger partial charge in [0.15, 0.2) is 0 Å². The molecule has 0 aliphatic carbocycles. The molecule has 0 spiro atoms. The average molecular weight is 281 g/mol. The third-order valence-electron chi connectivity index (χ3n) is 2.44. The molecule has 0 fully saturated rings. The summed E-state index contributed by atoms with van der Waals surface area (Å²) in [5.74, 6) is -0.807. The number of hydrogen-bond donors (Lipinski definition) is 2. The molecule has 1 aromatic carbocycles. The standard InChI is InChI=1S/C14H11N5O2/c15-5-4-13(20)18-10-2-1-3-11(8-10)19-14(21)12-9-16-6-7-17-12/h1-3,6-9H,4H2,(H,18,20)(H,19,21). The quantitative estimate of drug-likeness (QED) is 0.884. The van der Waals surface area contributed by atoms with Gasteiger partial charge >= 0.3 is 0 Å². The summed E-state index contributed by atoms with van der Waals surface area (Å²) in [6.07, 6.45) is 4.03. The van der Waals surface area contributed by atoms with E-state index in [0.29, 0.717) is 11.4 Å². The Hall–Kier alpha value is -3.27. The summed E-state index contributed by atoms with van der Waals surface area (Å²) in [5, 5.41) is 13.6. The fourth-order valence-electron chi connectivity index (χ4n) is 1.56. The van der Waals surface area contributed by atoms with Crippen molar-refractivity contribution in [3.05, 3.63) is 48.5 Å². The number of carbonyl (C=O) groups excluding carboxylic acids is 2. The van der Waals surface area contributed by atoms with Crippen LogP contribution in [-0.2, 0) is 4.79 Å². The first-order chi connectivity index (χ1) is 10.2. The van der Waals surface area contributed by atoms with Crippen LogP contribution in [0, 0.1) is 11.3 Å². The maximum absolute atomic E-state index is 11.9. The van der Waals surface area contributed by atoms with Crippen molar-refractivity contribution >= 4 is 23.2 Å². The second-order valence-electron chi connectivity index (χ2n) is 4.01. The van der Waals surface area contributed by atoms with Gasteiger partial charge in [-0.15, -0.1) is 0 Å². The molecule has 2 rings (SSSR count). The number of anilines is 2. The van der Waals surface area contributed by atoms with Crippen molar-refractivity contribution in [1.29, 1.82) is 5.26 Å². The Morgan fingerprint density at radius 1 is 1.19 bits per heavy atom. The lowest BCUT2D eigenvalue weighted by Gasteiger charge is -2.07. The Bertz CT molecular complexity index is 694. The molecule has 2 N–H and O–H groups in total. The highest BCUT2D eigenvalue weighted by Gasteiger charge is 2.08. The van der Waals surface area contributed by atoms with Gasteiger partial charge in [-0.1, -0.05) is 6.07 Å². The van der Waals surface area contributed by atoms with Crippen LogP contribution >= 0.6 is 0 Å².